The van der Waals surface area contributed by atoms with Gasteiger partial charge in [0, 0.05) is 12.8 Å². The van der Waals surface area contributed by atoms with Gasteiger partial charge in [-0.15, -0.1) is 0 Å². The molecule has 0 bridgehead atoms. The Morgan fingerprint density at radius 2 is 2.00 bits per heavy atom. The number of hydrazine groups is 1. The van der Waals surface area contributed by atoms with Crippen LogP contribution in [0.3, 0.4) is 0 Å². The van der Waals surface area contributed by atoms with Gasteiger partial charge < -0.3 is 14.8 Å². The second-order valence-electron chi connectivity index (χ2n) is 4.10. The Morgan fingerprint density at radius 3 is 2.71 bits per heavy atom. The van der Waals surface area contributed by atoms with Gasteiger partial charge in [0.15, 0.2) is 0 Å². The summed E-state index contributed by atoms with van der Waals surface area (Å²) in [5.41, 5.74) is 4.26. The van der Waals surface area contributed by atoms with Gasteiger partial charge in [0.1, 0.15) is 0 Å². The number of nitrogens with one attached hydrogen (secondary N) is 2. The smallest absolute Gasteiger partial charge is 0.323 e. The normalized spacial score (nSPS) is 10.2. The van der Waals surface area contributed by atoms with Crippen molar-refractivity contribution in [3.63, 3.8) is 0 Å². The number of nitrogen functional groups attached to an aromatic ring is 1. The summed E-state index contributed by atoms with van der Waals surface area (Å²) in [4.78, 5) is 12.3. The van der Waals surface area contributed by atoms with Crippen molar-refractivity contribution in [1.29, 1.82) is 0 Å². The Morgan fingerprint density at radius 1 is 1.19 bits per heavy atom. The van der Waals surface area contributed by atoms with E-state index in [1.165, 1.54) is 0 Å². The zero-order valence-electron chi connectivity index (χ0n) is 12.0. The number of benzene rings is 1. The number of nitrogens with two attached hydrogens (primary N) is 1. The third-order valence-electron chi connectivity index (χ3n) is 2.51. The molecule has 1 heterocycles. The highest BCUT2D eigenvalue weighted by atomic mass is 16.5. The Kier molecular flexibility index (Phi) is 5.24. The van der Waals surface area contributed by atoms with Crippen LogP contribution in [0.4, 0.5) is 17.6 Å². The molecule has 1 aromatic carbocycles. The average molecular weight is 290 g/mol. The summed E-state index contributed by atoms with van der Waals surface area (Å²) >= 11 is 0. The van der Waals surface area contributed by atoms with Crippen LogP contribution < -0.4 is 21.3 Å². The van der Waals surface area contributed by atoms with Crippen LogP contribution in [0.15, 0.2) is 24.3 Å². The van der Waals surface area contributed by atoms with Gasteiger partial charge in [0.25, 0.3) is 0 Å². The maximum Gasteiger partial charge on any atom is 0.323 e. The molecule has 0 aliphatic heterocycles. The van der Waals surface area contributed by atoms with E-state index in [2.05, 4.69) is 25.7 Å². The fourth-order valence-electron chi connectivity index (χ4n) is 1.71. The summed E-state index contributed by atoms with van der Waals surface area (Å²) in [7, 11) is 1.65. The van der Waals surface area contributed by atoms with Gasteiger partial charge in [-0.2, -0.15) is 15.0 Å². The molecule has 2 aromatic rings. The molecule has 8 heteroatoms. The monoisotopic (exact) mass is 290 g/mol. The van der Waals surface area contributed by atoms with E-state index >= 15 is 0 Å². The van der Waals surface area contributed by atoms with Crippen LogP contribution in [0, 0.1) is 0 Å². The van der Waals surface area contributed by atoms with Crippen molar-refractivity contribution >= 4 is 17.6 Å². The first-order valence-corrected chi connectivity index (χ1v) is 6.45. The molecule has 21 heavy (non-hydrogen) atoms. The Balaban J connectivity index is 2.21. The van der Waals surface area contributed by atoms with Crippen molar-refractivity contribution in [3.05, 3.63) is 29.8 Å². The fraction of sp³-hybridized carbons (Fsp3) is 0.308. The van der Waals surface area contributed by atoms with Crippen molar-refractivity contribution in [2.75, 3.05) is 24.5 Å². The number of aromatic nitrogens is 3. The van der Waals surface area contributed by atoms with Crippen LogP contribution in [-0.4, -0.2) is 28.7 Å². The molecule has 4 N–H and O–H groups in total. The maximum absolute atomic E-state index is 5.34. The molecule has 0 saturated heterocycles. The molecule has 0 fully saturated rings. The van der Waals surface area contributed by atoms with Gasteiger partial charge in [-0.1, -0.05) is 12.1 Å². The summed E-state index contributed by atoms with van der Waals surface area (Å²) in [6.07, 6.45) is 0. The number of hydrogen-bond donors (Lipinski definition) is 3. The summed E-state index contributed by atoms with van der Waals surface area (Å²) in [5, 5.41) is 3.08. The lowest BCUT2D eigenvalue weighted by molar-refractivity contribution is 0.185. The molecule has 112 valence electrons. The summed E-state index contributed by atoms with van der Waals surface area (Å²) in [6, 6.07) is 7.95. The fourth-order valence-corrected chi connectivity index (χ4v) is 1.71. The molecule has 0 aliphatic carbocycles. The quantitative estimate of drug-likeness (QED) is 0.519. The van der Waals surface area contributed by atoms with Crippen LogP contribution >= 0.6 is 0 Å². The second kappa shape index (κ2) is 7.36. The van der Waals surface area contributed by atoms with Crippen molar-refractivity contribution in [3.8, 4) is 6.01 Å². The van der Waals surface area contributed by atoms with Crippen LogP contribution in [0.5, 0.6) is 6.01 Å². The zero-order valence-corrected chi connectivity index (χ0v) is 12.0. The van der Waals surface area contributed by atoms with Crippen molar-refractivity contribution in [2.45, 2.75) is 13.5 Å². The Labute approximate surface area is 122 Å². The van der Waals surface area contributed by atoms with Gasteiger partial charge in [0.2, 0.25) is 11.9 Å². The predicted octanol–water partition coefficient (Wildman–Crippen LogP) is 1.45. The molecule has 1 aromatic heterocycles. The molecular weight excluding hydrogens is 272 g/mol. The zero-order chi connectivity index (χ0) is 15.1. The SMILES string of the molecule is CCOc1nc(NN)nc(Nc2cccc(COC)c2)n1. The van der Waals surface area contributed by atoms with Crippen LogP contribution in [0.2, 0.25) is 0 Å². The second-order valence-corrected chi connectivity index (χ2v) is 4.10. The minimum Gasteiger partial charge on any atom is -0.464 e. The largest absolute Gasteiger partial charge is 0.464 e. The number of anilines is 3. The van der Waals surface area contributed by atoms with Crippen LogP contribution in [0.25, 0.3) is 0 Å². The first kappa shape index (κ1) is 14.9. The summed E-state index contributed by atoms with van der Waals surface area (Å²) in [5.74, 6) is 5.91. The van der Waals surface area contributed by atoms with E-state index < -0.39 is 0 Å². The number of ether oxygens (including phenoxy) is 2. The van der Waals surface area contributed by atoms with E-state index in [4.69, 9.17) is 15.3 Å². The highest BCUT2D eigenvalue weighted by Gasteiger charge is 2.07. The standard InChI is InChI=1S/C13H18N6O2/c1-3-21-13-17-11(16-12(18-13)19-14)15-10-6-4-5-9(7-10)8-20-2/h4-7H,3,8,14H2,1-2H3,(H2,15,16,17,18,19). The lowest BCUT2D eigenvalue weighted by atomic mass is 10.2. The minimum atomic E-state index is 0.205. The topological polar surface area (TPSA) is 107 Å². The lowest BCUT2D eigenvalue weighted by Crippen LogP contribution is -2.13. The molecule has 8 nitrogen and oxygen atoms in total. The molecule has 0 amide bonds. The first-order chi connectivity index (χ1) is 10.2. The molecule has 0 spiro atoms. The van der Waals surface area contributed by atoms with Crippen LogP contribution in [0.1, 0.15) is 12.5 Å². The molecule has 0 aliphatic rings. The van der Waals surface area contributed by atoms with Gasteiger partial charge in [-0.05, 0) is 24.6 Å². The van der Waals surface area contributed by atoms with Gasteiger partial charge >= 0.3 is 6.01 Å². The summed E-state index contributed by atoms with van der Waals surface area (Å²) in [6.45, 7) is 2.84. The van der Waals surface area contributed by atoms with E-state index in [9.17, 15) is 0 Å². The third-order valence-corrected chi connectivity index (χ3v) is 2.51. The lowest BCUT2D eigenvalue weighted by Gasteiger charge is -2.09. The van der Waals surface area contributed by atoms with Gasteiger partial charge in [-0.25, -0.2) is 5.84 Å². The molecule has 0 saturated carbocycles. The average Bonchev–Trinajstić information content (AvgIpc) is 2.48. The molecule has 2 rings (SSSR count). The predicted molar refractivity (Wildman–Crippen MR) is 79.2 cm³/mol. The van der Waals surface area contributed by atoms with E-state index in [1.807, 2.05) is 31.2 Å². The first-order valence-electron chi connectivity index (χ1n) is 6.45. The van der Waals surface area contributed by atoms with E-state index in [-0.39, 0.29) is 12.0 Å². The molecule has 0 radical (unpaired) electrons. The number of nitrogens with zero attached hydrogens (tertiary/aromatic N) is 3. The maximum atomic E-state index is 5.34. The third kappa shape index (κ3) is 4.26. The van der Waals surface area contributed by atoms with E-state index in [1.54, 1.807) is 7.11 Å². The molecule has 0 unspecified atom stereocenters. The Bertz CT molecular complexity index is 593. The molecule has 0 atom stereocenters. The van der Waals surface area contributed by atoms with E-state index in [0.717, 1.165) is 11.3 Å². The number of methoxy groups -OCH3 is 1. The highest BCUT2D eigenvalue weighted by Crippen LogP contribution is 2.18. The van der Waals surface area contributed by atoms with Crippen molar-refractivity contribution in [1.82, 2.24) is 15.0 Å². The number of rotatable bonds is 7. The van der Waals surface area contributed by atoms with Gasteiger partial charge in [0.05, 0.1) is 13.2 Å². The summed E-state index contributed by atoms with van der Waals surface area (Å²) < 4.78 is 10.4. The van der Waals surface area contributed by atoms with Crippen molar-refractivity contribution < 1.29 is 9.47 Å². The number of hydrogen-bond acceptors (Lipinski definition) is 8. The highest BCUT2D eigenvalue weighted by molar-refractivity contribution is 5.55. The van der Waals surface area contributed by atoms with Crippen LogP contribution in [-0.2, 0) is 11.3 Å². The molecular formula is C13H18N6O2. The van der Waals surface area contributed by atoms with Gasteiger partial charge in [-0.3, -0.25) is 5.43 Å². The van der Waals surface area contributed by atoms with E-state index in [0.29, 0.717) is 19.2 Å². The minimum absolute atomic E-state index is 0.205. The Hall–Kier alpha value is -2.45. The van der Waals surface area contributed by atoms with Crippen molar-refractivity contribution in [2.24, 2.45) is 5.84 Å².